The molecule has 0 aliphatic carbocycles. The Morgan fingerprint density at radius 2 is 1.75 bits per heavy atom. The molecule has 120 valence electrons. The minimum Gasteiger partial charge on any atom is -0.508 e. The Labute approximate surface area is 136 Å². The maximum atomic E-state index is 12.5. The summed E-state index contributed by atoms with van der Waals surface area (Å²) in [4.78, 5) is 24.9. The van der Waals surface area contributed by atoms with Crippen molar-refractivity contribution in [2.75, 3.05) is 0 Å². The summed E-state index contributed by atoms with van der Waals surface area (Å²) < 4.78 is 0.809. The van der Waals surface area contributed by atoms with Crippen LogP contribution in [0.2, 0.25) is 0 Å². The number of aromatic nitrogens is 2. The van der Waals surface area contributed by atoms with Gasteiger partial charge in [-0.1, -0.05) is 30.8 Å². The Balaban J connectivity index is 2.12. The van der Waals surface area contributed by atoms with Crippen LogP contribution >= 0.6 is 0 Å². The van der Waals surface area contributed by atoms with Crippen LogP contribution in [0, 0.1) is 0 Å². The normalized spacial score (nSPS) is 11.6. The zero-order chi connectivity index (χ0) is 17.3. The van der Waals surface area contributed by atoms with E-state index in [1.165, 1.54) is 24.3 Å². The lowest BCUT2D eigenvalue weighted by Gasteiger charge is -2.02. The van der Waals surface area contributed by atoms with Gasteiger partial charge in [0.1, 0.15) is 11.5 Å². The molecule has 3 aromatic rings. The number of nitrogens with zero attached hydrogens (tertiary/aromatic N) is 1. The summed E-state index contributed by atoms with van der Waals surface area (Å²) in [6.07, 6.45) is 1.56. The monoisotopic (exact) mass is 322 g/mol. The van der Waals surface area contributed by atoms with Gasteiger partial charge in [-0.05, 0) is 35.9 Å². The van der Waals surface area contributed by atoms with Crippen molar-refractivity contribution in [2.24, 2.45) is 0 Å². The molecule has 1 heterocycles. The van der Waals surface area contributed by atoms with Crippen LogP contribution in [-0.4, -0.2) is 25.9 Å². The van der Waals surface area contributed by atoms with E-state index >= 15 is 0 Å². The van der Waals surface area contributed by atoms with Crippen LogP contribution in [0.4, 0.5) is 0 Å². The molecule has 0 atom stereocenters. The van der Waals surface area contributed by atoms with Gasteiger partial charge >= 0.3 is 0 Å². The molecule has 0 unspecified atom stereocenters. The summed E-state index contributed by atoms with van der Waals surface area (Å²) in [7, 11) is 0. The topological polar surface area (TPSA) is 95.3 Å². The summed E-state index contributed by atoms with van der Waals surface area (Å²) in [5.74, 6) is -0.768. The van der Waals surface area contributed by atoms with Crippen molar-refractivity contribution >= 4 is 18.6 Å². The number of nitrogens with one attached hydrogen (secondary N) is 1. The lowest BCUT2D eigenvalue weighted by atomic mass is 10.2. The summed E-state index contributed by atoms with van der Waals surface area (Å²) in [5.41, 5.74) is 0.120. The average Bonchev–Trinajstić information content (AvgIpc) is 2.85. The number of aromatic hydroxyl groups is 2. The van der Waals surface area contributed by atoms with Gasteiger partial charge in [-0.2, -0.15) is 4.68 Å². The molecular formula is C18H14N2O4. The van der Waals surface area contributed by atoms with E-state index in [0.29, 0.717) is 5.56 Å². The van der Waals surface area contributed by atoms with Crippen molar-refractivity contribution in [3.8, 4) is 11.5 Å². The van der Waals surface area contributed by atoms with Gasteiger partial charge in [0.05, 0.1) is 16.1 Å². The number of para-hydroxylation sites is 1. The van der Waals surface area contributed by atoms with Gasteiger partial charge in [0.15, 0.2) is 0 Å². The molecule has 6 heteroatoms. The number of aromatic amines is 1. The molecule has 0 aliphatic rings. The highest BCUT2D eigenvalue weighted by Gasteiger charge is 2.16. The molecule has 3 N–H and O–H groups in total. The third-order valence-electron chi connectivity index (χ3n) is 3.55. The SMILES string of the molecule is C=c1[nH]n(C(=O)c2ccccc2O)c(=O)/c1=C/c1ccc(O)cc1. The second-order valence-corrected chi connectivity index (χ2v) is 5.20. The number of hydrogen-bond donors (Lipinski definition) is 3. The van der Waals surface area contributed by atoms with Crippen molar-refractivity contribution in [3.05, 3.63) is 80.6 Å². The van der Waals surface area contributed by atoms with Crippen LogP contribution in [0.5, 0.6) is 11.5 Å². The Kier molecular flexibility index (Phi) is 3.79. The average molecular weight is 322 g/mol. The fourth-order valence-electron chi connectivity index (χ4n) is 2.30. The molecule has 24 heavy (non-hydrogen) atoms. The zero-order valence-electron chi connectivity index (χ0n) is 12.6. The van der Waals surface area contributed by atoms with Crippen LogP contribution in [0.1, 0.15) is 15.9 Å². The smallest absolute Gasteiger partial charge is 0.283 e. The second-order valence-electron chi connectivity index (χ2n) is 5.20. The molecule has 0 fully saturated rings. The van der Waals surface area contributed by atoms with Crippen LogP contribution in [-0.2, 0) is 0 Å². The van der Waals surface area contributed by atoms with Crippen LogP contribution in [0.3, 0.4) is 0 Å². The van der Waals surface area contributed by atoms with Crippen molar-refractivity contribution in [1.82, 2.24) is 9.78 Å². The maximum Gasteiger partial charge on any atom is 0.283 e. The largest absolute Gasteiger partial charge is 0.508 e. The third-order valence-corrected chi connectivity index (χ3v) is 3.55. The summed E-state index contributed by atoms with van der Waals surface area (Å²) in [6.45, 7) is 3.74. The van der Waals surface area contributed by atoms with Gasteiger partial charge in [0.2, 0.25) is 0 Å². The first kappa shape index (κ1) is 15.4. The summed E-state index contributed by atoms with van der Waals surface area (Å²) in [5, 5.41) is 22.2. The van der Waals surface area contributed by atoms with Gasteiger partial charge in [0.25, 0.3) is 11.5 Å². The molecule has 0 radical (unpaired) electrons. The molecule has 2 aromatic carbocycles. The van der Waals surface area contributed by atoms with Crippen LogP contribution < -0.4 is 16.1 Å². The van der Waals surface area contributed by atoms with E-state index in [4.69, 9.17) is 0 Å². The number of phenolic OH excluding ortho intramolecular Hbond substituents is 2. The number of H-pyrrole nitrogens is 1. The number of rotatable bonds is 2. The van der Waals surface area contributed by atoms with E-state index in [2.05, 4.69) is 11.7 Å². The van der Waals surface area contributed by atoms with Gasteiger partial charge in [-0.25, -0.2) is 0 Å². The predicted molar refractivity (Wildman–Crippen MR) is 89.3 cm³/mol. The lowest BCUT2D eigenvalue weighted by molar-refractivity contribution is 0.0938. The Bertz CT molecular complexity index is 1080. The van der Waals surface area contributed by atoms with Crippen molar-refractivity contribution < 1.29 is 15.0 Å². The molecule has 0 amide bonds. The van der Waals surface area contributed by atoms with Gasteiger partial charge in [-0.15, -0.1) is 0 Å². The highest BCUT2D eigenvalue weighted by molar-refractivity contribution is 5.97. The highest BCUT2D eigenvalue weighted by atomic mass is 16.3. The maximum absolute atomic E-state index is 12.5. The standard InChI is InChI=1S/C18H14N2O4/c1-11-15(10-12-6-8-13(21)9-7-12)18(24)20(19-11)17(23)14-4-2-3-5-16(14)22/h2-10,19,21-22H,1H2/b15-10+. The lowest BCUT2D eigenvalue weighted by Crippen LogP contribution is -2.36. The minimum absolute atomic E-state index is 0.0111. The Morgan fingerprint density at radius 3 is 2.42 bits per heavy atom. The number of phenols is 2. The number of hydrogen-bond acceptors (Lipinski definition) is 4. The van der Waals surface area contributed by atoms with Crippen molar-refractivity contribution in [1.29, 1.82) is 0 Å². The zero-order valence-corrected chi connectivity index (χ0v) is 12.6. The summed E-state index contributed by atoms with van der Waals surface area (Å²) in [6, 6.07) is 12.2. The van der Waals surface area contributed by atoms with Crippen LogP contribution in [0.15, 0.2) is 53.3 Å². The molecular weight excluding hydrogens is 308 g/mol. The highest BCUT2D eigenvalue weighted by Crippen LogP contribution is 2.15. The first-order valence-corrected chi connectivity index (χ1v) is 7.11. The minimum atomic E-state index is -0.673. The molecule has 3 rings (SSSR count). The van der Waals surface area contributed by atoms with E-state index in [0.717, 1.165) is 4.68 Å². The Morgan fingerprint density at radius 1 is 1.08 bits per heavy atom. The Hall–Kier alpha value is -3.54. The second kappa shape index (κ2) is 5.92. The molecule has 0 bridgehead atoms. The first-order valence-electron chi connectivity index (χ1n) is 7.11. The van der Waals surface area contributed by atoms with Gasteiger partial charge < -0.3 is 10.2 Å². The molecule has 6 nitrogen and oxygen atoms in total. The van der Waals surface area contributed by atoms with E-state index < -0.39 is 11.5 Å². The first-order chi connectivity index (χ1) is 11.5. The summed E-state index contributed by atoms with van der Waals surface area (Å²) >= 11 is 0. The predicted octanol–water partition coefficient (Wildman–Crippen LogP) is 0.515. The van der Waals surface area contributed by atoms with Gasteiger partial charge in [0, 0.05) is 0 Å². The van der Waals surface area contributed by atoms with Crippen LogP contribution in [0.25, 0.3) is 12.7 Å². The van der Waals surface area contributed by atoms with E-state index in [1.807, 2.05) is 0 Å². The van der Waals surface area contributed by atoms with Crippen molar-refractivity contribution in [2.45, 2.75) is 0 Å². The van der Waals surface area contributed by atoms with Gasteiger partial charge in [-0.3, -0.25) is 14.7 Å². The molecule has 0 spiro atoms. The quantitative estimate of drug-likeness (QED) is 0.641. The molecule has 0 saturated carbocycles. The number of benzene rings is 2. The fourth-order valence-corrected chi connectivity index (χ4v) is 2.30. The molecule has 0 saturated heterocycles. The number of carbonyl (C=O) groups excluding carboxylic acids is 1. The van der Waals surface area contributed by atoms with E-state index in [-0.39, 0.29) is 27.6 Å². The fraction of sp³-hybridized carbons (Fsp3) is 0. The van der Waals surface area contributed by atoms with E-state index in [1.54, 1.807) is 30.3 Å². The number of carbonyl (C=O) groups is 1. The van der Waals surface area contributed by atoms with Crippen molar-refractivity contribution in [3.63, 3.8) is 0 Å². The molecule has 0 aliphatic heterocycles. The molecule has 1 aromatic heterocycles. The third kappa shape index (κ3) is 2.72. The van der Waals surface area contributed by atoms with E-state index in [9.17, 15) is 19.8 Å².